The van der Waals surface area contributed by atoms with Crippen LogP contribution in [-0.2, 0) is 11.3 Å². The maximum absolute atomic E-state index is 12.6. The molecule has 0 bridgehead atoms. The monoisotopic (exact) mass is 388 g/mol. The second-order valence-electron chi connectivity index (χ2n) is 5.95. The zero-order valence-corrected chi connectivity index (χ0v) is 16.4. The third-order valence-corrected chi connectivity index (χ3v) is 5.21. The Morgan fingerprint density at radius 3 is 2.96 bits per heavy atom. The predicted octanol–water partition coefficient (Wildman–Crippen LogP) is 3.86. The average molecular weight is 389 g/mol. The number of aromatic nitrogens is 3. The van der Waals surface area contributed by atoms with Crippen LogP contribution in [0.4, 0.5) is 0 Å². The van der Waals surface area contributed by atoms with E-state index in [2.05, 4.69) is 15.5 Å². The highest BCUT2D eigenvalue weighted by atomic mass is 32.1. The Morgan fingerprint density at radius 2 is 2.27 bits per heavy atom. The van der Waals surface area contributed by atoms with Gasteiger partial charge in [-0.05, 0) is 43.6 Å². The van der Waals surface area contributed by atoms with Crippen LogP contribution in [0.5, 0.6) is 5.75 Å². The number of hydrogen-bond acceptors (Lipinski definition) is 5. The number of nitrogens with one attached hydrogen (secondary N) is 2. The molecule has 1 atom stereocenters. The van der Waals surface area contributed by atoms with E-state index in [9.17, 15) is 4.79 Å². The van der Waals surface area contributed by atoms with Crippen LogP contribution in [0.2, 0.25) is 0 Å². The molecule has 3 aromatic rings. The fraction of sp³-hybridized carbons (Fsp3) is 0.278. The highest BCUT2D eigenvalue weighted by Crippen LogP contribution is 2.26. The number of aryl methyl sites for hydroxylation is 1. The van der Waals surface area contributed by atoms with Crippen molar-refractivity contribution in [3.63, 3.8) is 0 Å². The highest BCUT2D eigenvalue weighted by Gasteiger charge is 2.17. The lowest BCUT2D eigenvalue weighted by atomic mass is 10.0. The molecule has 2 aromatic heterocycles. The summed E-state index contributed by atoms with van der Waals surface area (Å²) in [5, 5.41) is 12.0. The van der Waals surface area contributed by atoms with Crippen molar-refractivity contribution in [3.05, 3.63) is 51.6 Å². The van der Waals surface area contributed by atoms with Gasteiger partial charge >= 0.3 is 0 Å². The fourth-order valence-electron chi connectivity index (χ4n) is 2.76. The molecular formula is C18H20N4O2S2. The van der Waals surface area contributed by atoms with Gasteiger partial charge in [-0.15, -0.1) is 11.3 Å². The molecule has 0 spiro atoms. The first-order valence-electron chi connectivity index (χ1n) is 8.12. The number of H-pyrrole nitrogens is 1. The number of rotatable bonds is 6. The lowest BCUT2D eigenvalue weighted by molar-refractivity contribution is -0.122. The molecule has 1 amide bonds. The first-order valence-corrected chi connectivity index (χ1v) is 9.41. The Hall–Kier alpha value is -2.45. The van der Waals surface area contributed by atoms with E-state index >= 15 is 0 Å². The van der Waals surface area contributed by atoms with Gasteiger partial charge in [0.05, 0.1) is 18.0 Å². The summed E-state index contributed by atoms with van der Waals surface area (Å²) in [7, 11) is 1.63. The summed E-state index contributed by atoms with van der Waals surface area (Å²) >= 11 is 6.83. The van der Waals surface area contributed by atoms with E-state index in [1.165, 1.54) is 0 Å². The lowest BCUT2D eigenvalue weighted by Gasteiger charge is -2.18. The number of nitrogens with zero attached hydrogens (tertiary/aromatic N) is 2. The van der Waals surface area contributed by atoms with E-state index in [1.807, 2.05) is 49.6 Å². The van der Waals surface area contributed by atoms with Gasteiger partial charge in [0.2, 0.25) is 5.91 Å². The maximum atomic E-state index is 12.6. The maximum Gasteiger partial charge on any atom is 0.240 e. The summed E-state index contributed by atoms with van der Waals surface area (Å²) in [6.07, 6.45) is 0. The topological polar surface area (TPSA) is 71.9 Å². The Morgan fingerprint density at radius 1 is 1.46 bits per heavy atom. The zero-order chi connectivity index (χ0) is 18.7. The Kier molecular flexibility index (Phi) is 5.53. The number of aromatic amines is 1. The summed E-state index contributed by atoms with van der Waals surface area (Å²) in [4.78, 5) is 13.6. The van der Waals surface area contributed by atoms with Crippen molar-refractivity contribution in [1.82, 2.24) is 20.1 Å². The predicted molar refractivity (Wildman–Crippen MR) is 105 cm³/mol. The molecule has 0 saturated carbocycles. The van der Waals surface area contributed by atoms with Crippen molar-refractivity contribution < 1.29 is 9.53 Å². The lowest BCUT2D eigenvalue weighted by Crippen LogP contribution is -2.30. The Labute approximate surface area is 160 Å². The molecule has 3 rings (SSSR count). The molecular weight excluding hydrogens is 368 g/mol. The van der Waals surface area contributed by atoms with Gasteiger partial charge in [-0.3, -0.25) is 14.5 Å². The number of methoxy groups -OCH3 is 1. The third-order valence-electron chi connectivity index (χ3n) is 4.03. The van der Waals surface area contributed by atoms with Gasteiger partial charge in [0, 0.05) is 5.56 Å². The van der Waals surface area contributed by atoms with E-state index in [-0.39, 0.29) is 18.5 Å². The van der Waals surface area contributed by atoms with Crippen LogP contribution in [0, 0.1) is 11.7 Å². The van der Waals surface area contributed by atoms with Gasteiger partial charge in [-0.25, -0.2) is 0 Å². The molecule has 26 heavy (non-hydrogen) atoms. The first-order chi connectivity index (χ1) is 12.5. The van der Waals surface area contributed by atoms with Crippen molar-refractivity contribution >= 4 is 29.5 Å². The van der Waals surface area contributed by atoms with E-state index in [0.29, 0.717) is 10.6 Å². The molecule has 2 N–H and O–H groups in total. The molecule has 0 aliphatic heterocycles. The van der Waals surface area contributed by atoms with Crippen molar-refractivity contribution in [2.75, 3.05) is 7.11 Å². The second-order valence-corrected chi connectivity index (χ2v) is 7.28. The first kappa shape index (κ1) is 18.3. The molecule has 6 nitrogen and oxygen atoms in total. The van der Waals surface area contributed by atoms with Crippen molar-refractivity contribution in [2.24, 2.45) is 0 Å². The van der Waals surface area contributed by atoms with Gasteiger partial charge in [-0.2, -0.15) is 5.10 Å². The van der Waals surface area contributed by atoms with E-state index < -0.39 is 0 Å². The summed E-state index contributed by atoms with van der Waals surface area (Å²) < 4.78 is 7.54. The molecule has 0 fully saturated rings. The van der Waals surface area contributed by atoms with Gasteiger partial charge in [0.25, 0.3) is 0 Å². The van der Waals surface area contributed by atoms with Crippen molar-refractivity contribution in [2.45, 2.75) is 26.4 Å². The van der Waals surface area contributed by atoms with Crippen molar-refractivity contribution in [1.29, 1.82) is 0 Å². The molecule has 8 heteroatoms. The van der Waals surface area contributed by atoms with Crippen LogP contribution < -0.4 is 10.1 Å². The Bertz CT molecular complexity index is 960. The molecule has 2 heterocycles. The molecule has 136 valence electrons. The number of hydrogen-bond donors (Lipinski definition) is 2. The standard InChI is InChI=1S/C18H20N4O2S2/c1-11-6-7-14(24-3)13(9-11)12(2)19-16(23)10-22-17(20-21-18(22)25)15-5-4-8-26-15/h4-9,12H,10H2,1-3H3,(H,19,23)(H,21,25)/t12-/m0/s1. The number of ether oxygens (including phenoxy) is 1. The zero-order valence-electron chi connectivity index (χ0n) is 14.8. The number of thiophene rings is 1. The summed E-state index contributed by atoms with van der Waals surface area (Å²) in [6.45, 7) is 4.04. The fourth-order valence-corrected chi connectivity index (χ4v) is 3.68. The molecule has 0 aliphatic carbocycles. The van der Waals surface area contributed by atoms with Gasteiger partial charge in [0.15, 0.2) is 10.6 Å². The van der Waals surface area contributed by atoms with Crippen molar-refractivity contribution in [3.8, 4) is 16.5 Å². The summed E-state index contributed by atoms with van der Waals surface area (Å²) in [6, 6.07) is 9.61. The molecule has 0 aliphatic rings. The normalized spacial score (nSPS) is 12.0. The number of carbonyl (C=O) groups is 1. The SMILES string of the molecule is COc1ccc(C)cc1[C@H](C)NC(=O)Cn1c(-c2cccs2)n[nH]c1=S. The quantitative estimate of drug-likeness (QED) is 0.629. The van der Waals surface area contributed by atoms with Crippen LogP contribution in [-0.4, -0.2) is 27.8 Å². The highest BCUT2D eigenvalue weighted by molar-refractivity contribution is 7.71. The number of carbonyl (C=O) groups excluding carboxylic acids is 1. The van der Waals surface area contributed by atoms with E-state index in [4.69, 9.17) is 17.0 Å². The van der Waals surface area contributed by atoms with E-state index in [0.717, 1.165) is 21.8 Å². The number of amides is 1. The average Bonchev–Trinajstić information content (AvgIpc) is 3.25. The van der Waals surface area contributed by atoms with Crippen LogP contribution >= 0.6 is 23.6 Å². The molecule has 0 radical (unpaired) electrons. The molecule has 1 aromatic carbocycles. The molecule has 0 unspecified atom stereocenters. The Balaban J connectivity index is 1.77. The third kappa shape index (κ3) is 3.86. The smallest absolute Gasteiger partial charge is 0.240 e. The van der Waals surface area contributed by atoms with Gasteiger partial charge < -0.3 is 10.1 Å². The van der Waals surface area contributed by atoms with Gasteiger partial charge in [0.1, 0.15) is 12.3 Å². The van der Waals surface area contributed by atoms with Crippen LogP contribution in [0.1, 0.15) is 24.1 Å². The van der Waals surface area contributed by atoms with Crippen LogP contribution in [0.3, 0.4) is 0 Å². The van der Waals surface area contributed by atoms with E-state index in [1.54, 1.807) is 23.0 Å². The summed E-state index contributed by atoms with van der Waals surface area (Å²) in [5.74, 6) is 1.28. The number of benzene rings is 1. The minimum absolute atomic E-state index is 0.0983. The molecule has 0 saturated heterocycles. The second kappa shape index (κ2) is 7.84. The minimum atomic E-state index is -0.191. The van der Waals surface area contributed by atoms with Crippen LogP contribution in [0.25, 0.3) is 10.7 Å². The minimum Gasteiger partial charge on any atom is -0.496 e. The largest absolute Gasteiger partial charge is 0.496 e. The van der Waals surface area contributed by atoms with Crippen LogP contribution in [0.15, 0.2) is 35.7 Å². The van der Waals surface area contributed by atoms with Gasteiger partial charge in [-0.1, -0.05) is 23.8 Å². The summed E-state index contributed by atoms with van der Waals surface area (Å²) in [5.41, 5.74) is 2.05.